The first-order valence-corrected chi connectivity index (χ1v) is 11.3. The third kappa shape index (κ3) is 3.80. The van der Waals surface area contributed by atoms with Crippen LogP contribution in [0.3, 0.4) is 0 Å². The number of nitrogens with one attached hydrogen (secondary N) is 1. The molecule has 7 nitrogen and oxygen atoms in total. The predicted molar refractivity (Wildman–Crippen MR) is 122 cm³/mol. The molecule has 33 heavy (non-hydrogen) atoms. The molecule has 168 valence electrons. The zero-order chi connectivity index (χ0) is 22.4. The number of benzene rings is 1. The van der Waals surface area contributed by atoms with Gasteiger partial charge in [0.2, 0.25) is 5.88 Å². The molecule has 5 heterocycles. The van der Waals surface area contributed by atoms with Crippen LogP contribution in [0.1, 0.15) is 25.7 Å². The van der Waals surface area contributed by atoms with E-state index in [2.05, 4.69) is 20.5 Å². The Morgan fingerprint density at radius 3 is 2.82 bits per heavy atom. The fourth-order valence-electron chi connectivity index (χ4n) is 4.97. The lowest BCUT2D eigenvalue weighted by atomic mass is 9.84. The molecular weight excluding hydrogens is 421 g/mol. The Labute approximate surface area is 190 Å². The highest BCUT2D eigenvalue weighted by atomic mass is 19.1. The van der Waals surface area contributed by atoms with E-state index in [0.29, 0.717) is 29.6 Å². The summed E-state index contributed by atoms with van der Waals surface area (Å²) in [6.07, 6.45) is 7.53. The summed E-state index contributed by atoms with van der Waals surface area (Å²) in [6, 6.07) is 13.0. The highest BCUT2D eigenvalue weighted by Gasteiger charge is 2.41. The van der Waals surface area contributed by atoms with Crippen molar-refractivity contribution in [3.63, 3.8) is 0 Å². The molecule has 2 saturated heterocycles. The highest BCUT2D eigenvalue weighted by molar-refractivity contribution is 5.74. The second-order valence-corrected chi connectivity index (χ2v) is 8.87. The minimum atomic E-state index is -1.05. The number of imidazole rings is 1. The Kier molecular flexibility index (Phi) is 4.95. The van der Waals surface area contributed by atoms with Crippen molar-refractivity contribution >= 4 is 5.52 Å². The Morgan fingerprint density at radius 1 is 1.06 bits per heavy atom. The van der Waals surface area contributed by atoms with Crippen LogP contribution in [0, 0.1) is 0 Å². The van der Waals surface area contributed by atoms with Crippen molar-refractivity contribution in [2.75, 3.05) is 0 Å². The summed E-state index contributed by atoms with van der Waals surface area (Å²) in [5, 5.41) is 22.4. The van der Waals surface area contributed by atoms with E-state index in [1.165, 1.54) is 0 Å². The normalized spacial score (nSPS) is 24.6. The first-order chi connectivity index (χ1) is 16.1. The minimum Gasteiger partial charge on any atom is -0.507 e. The molecule has 0 spiro atoms. The van der Waals surface area contributed by atoms with Gasteiger partial charge in [-0.2, -0.15) is 0 Å². The zero-order valence-corrected chi connectivity index (χ0v) is 17.9. The second kappa shape index (κ2) is 8.12. The SMILES string of the molecule is Oc1cc(-c2ccc3cncn3c2)ccc1-c1ccc(O[C@H]2C[C@@H]3CCC[C@@H](N3)[C@H]2F)nn1. The number of hydrogen-bond donors (Lipinski definition) is 2. The molecule has 2 fully saturated rings. The molecule has 2 aliphatic rings. The Balaban J connectivity index is 1.20. The van der Waals surface area contributed by atoms with E-state index in [1.807, 2.05) is 34.9 Å². The lowest BCUT2D eigenvalue weighted by molar-refractivity contribution is 0.00652. The summed E-state index contributed by atoms with van der Waals surface area (Å²) >= 11 is 0. The number of nitrogens with zero attached hydrogens (tertiary/aromatic N) is 4. The van der Waals surface area contributed by atoms with Crippen molar-refractivity contribution in [3.8, 4) is 34.0 Å². The number of fused-ring (bicyclic) bond motifs is 3. The molecule has 2 N–H and O–H groups in total. The van der Waals surface area contributed by atoms with Gasteiger partial charge in [0.05, 0.1) is 23.7 Å². The molecular formula is C25H24FN5O2. The molecule has 1 aromatic carbocycles. The summed E-state index contributed by atoms with van der Waals surface area (Å²) in [4.78, 5) is 4.13. The molecule has 0 aliphatic carbocycles. The second-order valence-electron chi connectivity index (χ2n) is 8.87. The van der Waals surface area contributed by atoms with E-state index >= 15 is 0 Å². The molecule has 0 saturated carbocycles. The number of aromatic hydroxyl groups is 1. The van der Waals surface area contributed by atoms with Crippen molar-refractivity contribution in [3.05, 3.63) is 61.2 Å². The lowest BCUT2D eigenvalue weighted by Crippen LogP contribution is -2.59. The van der Waals surface area contributed by atoms with E-state index in [0.717, 1.165) is 35.9 Å². The lowest BCUT2D eigenvalue weighted by Gasteiger charge is -2.42. The van der Waals surface area contributed by atoms with Crippen molar-refractivity contribution < 1.29 is 14.2 Å². The number of phenols is 1. The van der Waals surface area contributed by atoms with Gasteiger partial charge in [0.1, 0.15) is 11.9 Å². The number of piperidine rings is 2. The highest BCUT2D eigenvalue weighted by Crippen LogP contribution is 2.34. The topological polar surface area (TPSA) is 84.6 Å². The van der Waals surface area contributed by atoms with Gasteiger partial charge < -0.3 is 19.6 Å². The molecule has 2 aliphatic heterocycles. The van der Waals surface area contributed by atoms with Crippen molar-refractivity contribution in [1.82, 2.24) is 24.9 Å². The first kappa shape index (κ1) is 20.1. The van der Waals surface area contributed by atoms with Gasteiger partial charge in [-0.25, -0.2) is 9.37 Å². The van der Waals surface area contributed by atoms with Gasteiger partial charge in [-0.1, -0.05) is 18.6 Å². The molecule has 6 rings (SSSR count). The quantitative estimate of drug-likeness (QED) is 0.491. The third-order valence-electron chi connectivity index (χ3n) is 6.70. The summed E-state index contributed by atoms with van der Waals surface area (Å²) in [5.41, 5.74) is 3.94. The van der Waals surface area contributed by atoms with Crippen LogP contribution >= 0.6 is 0 Å². The summed E-state index contributed by atoms with van der Waals surface area (Å²) in [6.45, 7) is 0. The van der Waals surface area contributed by atoms with Gasteiger partial charge in [-0.15, -0.1) is 10.2 Å². The number of aromatic nitrogens is 4. The Morgan fingerprint density at radius 2 is 1.97 bits per heavy atom. The van der Waals surface area contributed by atoms with Crippen molar-refractivity contribution in [2.45, 2.75) is 50.0 Å². The monoisotopic (exact) mass is 445 g/mol. The molecule has 3 aromatic heterocycles. The van der Waals surface area contributed by atoms with Crippen LogP contribution in [-0.4, -0.2) is 49.0 Å². The summed E-state index contributed by atoms with van der Waals surface area (Å²) in [5.74, 6) is 0.410. The summed E-state index contributed by atoms with van der Waals surface area (Å²) < 4.78 is 22.6. The Bertz CT molecular complexity index is 1290. The number of halogens is 1. The average Bonchev–Trinajstić information content (AvgIpc) is 3.31. The standard InChI is InChI=1S/C25H24FN5O2/c26-25-21-3-1-2-17(28-21)11-23(25)33-24-9-8-20(29-30-24)19-7-5-15(10-22(19)32)16-4-6-18-12-27-14-31(18)13-16/h4-10,12-14,17,21,23,25,28,32H,1-3,11H2/t17-,21+,23-,25+/m0/s1. The van der Waals surface area contributed by atoms with Crippen LogP contribution in [0.25, 0.3) is 27.9 Å². The van der Waals surface area contributed by atoms with Crippen LogP contribution in [-0.2, 0) is 0 Å². The van der Waals surface area contributed by atoms with Gasteiger partial charge in [0.15, 0.2) is 6.17 Å². The Hall–Kier alpha value is -3.52. The van der Waals surface area contributed by atoms with Gasteiger partial charge >= 0.3 is 0 Å². The van der Waals surface area contributed by atoms with E-state index in [4.69, 9.17) is 4.74 Å². The van der Waals surface area contributed by atoms with Gasteiger partial charge in [0, 0.05) is 36.3 Å². The van der Waals surface area contributed by atoms with E-state index < -0.39 is 12.3 Å². The number of rotatable bonds is 4. The maximum absolute atomic E-state index is 14.8. The smallest absolute Gasteiger partial charge is 0.233 e. The third-order valence-corrected chi connectivity index (χ3v) is 6.70. The molecule has 0 radical (unpaired) electrons. The maximum atomic E-state index is 14.8. The molecule has 0 amide bonds. The number of hydrogen-bond acceptors (Lipinski definition) is 6. The van der Waals surface area contributed by atoms with E-state index in [-0.39, 0.29) is 11.8 Å². The number of ether oxygens (including phenoxy) is 1. The maximum Gasteiger partial charge on any atom is 0.233 e. The van der Waals surface area contributed by atoms with Crippen LogP contribution in [0.5, 0.6) is 11.6 Å². The van der Waals surface area contributed by atoms with Crippen LogP contribution in [0.15, 0.2) is 61.2 Å². The van der Waals surface area contributed by atoms with E-state index in [9.17, 15) is 9.50 Å². The fourth-order valence-corrected chi connectivity index (χ4v) is 4.97. The minimum absolute atomic E-state index is 0.108. The van der Waals surface area contributed by atoms with Crippen LogP contribution in [0.2, 0.25) is 0 Å². The zero-order valence-electron chi connectivity index (χ0n) is 17.9. The molecule has 4 aromatic rings. The first-order valence-electron chi connectivity index (χ1n) is 11.3. The average molecular weight is 445 g/mol. The van der Waals surface area contributed by atoms with Crippen LogP contribution < -0.4 is 10.1 Å². The van der Waals surface area contributed by atoms with Crippen molar-refractivity contribution in [2.24, 2.45) is 0 Å². The van der Waals surface area contributed by atoms with Gasteiger partial charge in [-0.05, 0) is 48.2 Å². The van der Waals surface area contributed by atoms with E-state index in [1.54, 1.807) is 30.7 Å². The molecule has 4 atom stereocenters. The fraction of sp³-hybridized carbons (Fsp3) is 0.320. The molecule has 0 unspecified atom stereocenters. The number of phenolic OH excluding ortho intramolecular Hbond substituents is 1. The molecule has 2 bridgehead atoms. The molecule has 8 heteroatoms. The number of pyridine rings is 1. The van der Waals surface area contributed by atoms with Crippen molar-refractivity contribution in [1.29, 1.82) is 0 Å². The van der Waals surface area contributed by atoms with Gasteiger partial charge in [0.25, 0.3) is 0 Å². The van der Waals surface area contributed by atoms with Gasteiger partial charge in [-0.3, -0.25) is 0 Å². The summed E-state index contributed by atoms with van der Waals surface area (Å²) in [7, 11) is 0. The number of alkyl halides is 1. The largest absolute Gasteiger partial charge is 0.507 e. The van der Waals surface area contributed by atoms with Crippen LogP contribution in [0.4, 0.5) is 4.39 Å². The predicted octanol–water partition coefficient (Wildman–Crippen LogP) is 4.16.